The third kappa shape index (κ3) is 3.76. The Labute approximate surface area is 132 Å². The van der Waals surface area contributed by atoms with Crippen LogP contribution in [0.1, 0.15) is 50.1 Å². The molecule has 6 nitrogen and oxygen atoms in total. The van der Waals surface area contributed by atoms with Gasteiger partial charge in [-0.2, -0.15) is 0 Å². The van der Waals surface area contributed by atoms with Gasteiger partial charge in [-0.3, -0.25) is 4.98 Å². The van der Waals surface area contributed by atoms with E-state index in [9.17, 15) is 8.42 Å². The Bertz CT molecular complexity index is 596. The van der Waals surface area contributed by atoms with Gasteiger partial charge < -0.3 is 5.32 Å². The predicted octanol–water partition coefficient (Wildman–Crippen LogP) is 1.97. The fraction of sp³-hybridized carbons (Fsp3) is 0.733. The van der Waals surface area contributed by atoms with Gasteiger partial charge in [0.05, 0.1) is 24.3 Å². The zero-order chi connectivity index (χ0) is 15.6. The van der Waals surface area contributed by atoms with Crippen LogP contribution in [0.3, 0.4) is 0 Å². The van der Waals surface area contributed by atoms with Gasteiger partial charge in [-0.05, 0) is 25.7 Å². The molecule has 0 unspecified atom stereocenters. The van der Waals surface area contributed by atoms with Gasteiger partial charge in [-0.15, -0.1) is 0 Å². The van der Waals surface area contributed by atoms with Crippen molar-refractivity contribution in [3.63, 3.8) is 0 Å². The maximum atomic E-state index is 11.7. The molecule has 0 radical (unpaired) electrons. The molecular formula is C15H24N4O2S. The number of sulfonamides is 1. The molecule has 1 saturated heterocycles. The lowest BCUT2D eigenvalue weighted by molar-refractivity contribution is 0.314. The normalized spacial score (nSPS) is 24.5. The number of rotatable bonds is 4. The molecule has 7 heteroatoms. The molecule has 1 aliphatic carbocycles. The number of hydrogen-bond acceptors (Lipinski definition) is 5. The summed E-state index contributed by atoms with van der Waals surface area (Å²) in [4.78, 5) is 8.98. The number of piperidine rings is 1. The summed E-state index contributed by atoms with van der Waals surface area (Å²) in [6, 6.07) is 0.524. The minimum Gasteiger partial charge on any atom is -0.366 e. The summed E-state index contributed by atoms with van der Waals surface area (Å²) >= 11 is 0. The summed E-state index contributed by atoms with van der Waals surface area (Å²) in [6.45, 7) is 1.13. The van der Waals surface area contributed by atoms with Crippen molar-refractivity contribution in [3.8, 4) is 0 Å². The summed E-state index contributed by atoms with van der Waals surface area (Å²) in [5, 5.41) is 3.42. The molecule has 2 heterocycles. The highest BCUT2D eigenvalue weighted by Crippen LogP contribution is 2.27. The molecule has 1 aromatic heterocycles. The topological polar surface area (TPSA) is 75.2 Å². The first-order chi connectivity index (χ1) is 10.5. The maximum absolute atomic E-state index is 11.7. The first-order valence-corrected chi connectivity index (χ1v) is 9.91. The Morgan fingerprint density at radius 2 is 1.91 bits per heavy atom. The third-order valence-electron chi connectivity index (χ3n) is 4.65. The van der Waals surface area contributed by atoms with Crippen molar-refractivity contribution in [2.45, 2.75) is 50.5 Å². The van der Waals surface area contributed by atoms with E-state index < -0.39 is 10.0 Å². The molecule has 0 bridgehead atoms. The van der Waals surface area contributed by atoms with Crippen LogP contribution >= 0.6 is 0 Å². The smallest absolute Gasteiger partial charge is 0.211 e. The van der Waals surface area contributed by atoms with Crippen molar-refractivity contribution < 1.29 is 8.42 Å². The van der Waals surface area contributed by atoms with Gasteiger partial charge in [-0.1, -0.05) is 12.8 Å². The predicted molar refractivity (Wildman–Crippen MR) is 86.3 cm³/mol. The highest BCUT2D eigenvalue weighted by Gasteiger charge is 2.27. The molecule has 0 aromatic carbocycles. The largest absolute Gasteiger partial charge is 0.366 e. The number of nitrogens with one attached hydrogen (secondary N) is 1. The third-order valence-corrected chi connectivity index (χ3v) is 5.92. The van der Waals surface area contributed by atoms with E-state index in [1.54, 1.807) is 16.7 Å². The maximum Gasteiger partial charge on any atom is 0.211 e. The quantitative estimate of drug-likeness (QED) is 0.916. The second-order valence-corrected chi connectivity index (χ2v) is 8.39. The highest BCUT2D eigenvalue weighted by molar-refractivity contribution is 7.88. The van der Waals surface area contributed by atoms with Crippen LogP contribution < -0.4 is 5.32 Å². The summed E-state index contributed by atoms with van der Waals surface area (Å²) in [7, 11) is -3.12. The summed E-state index contributed by atoms with van der Waals surface area (Å²) in [6.07, 6.45) is 11.7. The molecular weight excluding hydrogens is 300 g/mol. The highest BCUT2D eigenvalue weighted by atomic mass is 32.2. The second-order valence-electron chi connectivity index (χ2n) is 6.41. The second kappa shape index (κ2) is 6.50. The van der Waals surface area contributed by atoms with E-state index in [4.69, 9.17) is 0 Å². The average molecular weight is 324 g/mol. The lowest BCUT2D eigenvalue weighted by atomic mass is 9.96. The molecule has 122 valence electrons. The number of hydrogen-bond donors (Lipinski definition) is 1. The van der Waals surface area contributed by atoms with E-state index >= 15 is 0 Å². The van der Waals surface area contributed by atoms with Crippen LogP contribution in [0.4, 0.5) is 5.82 Å². The summed E-state index contributed by atoms with van der Waals surface area (Å²) < 4.78 is 24.9. The summed E-state index contributed by atoms with van der Waals surface area (Å²) in [5.74, 6) is 0.975. The van der Waals surface area contributed by atoms with Crippen LogP contribution in [0.5, 0.6) is 0 Å². The lowest BCUT2D eigenvalue weighted by Crippen LogP contribution is -2.38. The van der Waals surface area contributed by atoms with E-state index in [1.807, 2.05) is 0 Å². The Morgan fingerprint density at radius 3 is 2.55 bits per heavy atom. The van der Waals surface area contributed by atoms with Crippen molar-refractivity contribution >= 4 is 15.8 Å². The average Bonchev–Trinajstić information content (AvgIpc) is 3.00. The van der Waals surface area contributed by atoms with Gasteiger partial charge in [0.15, 0.2) is 0 Å². The monoisotopic (exact) mass is 324 g/mol. The minimum absolute atomic E-state index is 0.150. The SMILES string of the molecule is CS(=O)(=O)N1CCC[C@H](c2cnc(NC3CCCC3)cn2)C1. The fourth-order valence-corrected chi connectivity index (χ4v) is 4.30. The van der Waals surface area contributed by atoms with Crippen molar-refractivity contribution in [1.29, 1.82) is 0 Å². The van der Waals surface area contributed by atoms with E-state index in [1.165, 1.54) is 31.9 Å². The van der Waals surface area contributed by atoms with Crippen molar-refractivity contribution in [3.05, 3.63) is 18.1 Å². The molecule has 1 N–H and O–H groups in total. The van der Waals surface area contributed by atoms with Gasteiger partial charge >= 0.3 is 0 Å². The van der Waals surface area contributed by atoms with Gasteiger partial charge in [0.25, 0.3) is 0 Å². The molecule has 1 aromatic rings. The van der Waals surface area contributed by atoms with Crippen LogP contribution in [-0.2, 0) is 10.0 Å². The molecule has 2 aliphatic rings. The molecule has 0 spiro atoms. The standard InChI is InChI=1S/C15H24N4O2S/c1-22(20,21)19-8-4-5-12(11-19)14-9-17-15(10-16-14)18-13-6-2-3-7-13/h9-10,12-13H,2-8,11H2,1H3,(H,17,18)/t12-/m0/s1. The lowest BCUT2D eigenvalue weighted by Gasteiger charge is -2.30. The number of aromatic nitrogens is 2. The number of nitrogens with zero attached hydrogens (tertiary/aromatic N) is 3. The Balaban J connectivity index is 1.64. The minimum atomic E-state index is -3.12. The van der Waals surface area contributed by atoms with Gasteiger partial charge in [0, 0.05) is 25.0 Å². The van der Waals surface area contributed by atoms with Crippen molar-refractivity contribution in [2.24, 2.45) is 0 Å². The number of anilines is 1. The molecule has 0 amide bonds. The van der Waals surface area contributed by atoms with Crippen LogP contribution in [-0.4, -0.2) is 48.1 Å². The zero-order valence-electron chi connectivity index (χ0n) is 13.0. The van der Waals surface area contributed by atoms with Crippen LogP contribution in [0.15, 0.2) is 12.4 Å². The molecule has 1 aliphatic heterocycles. The molecule has 1 atom stereocenters. The fourth-order valence-electron chi connectivity index (χ4n) is 3.39. The Morgan fingerprint density at radius 1 is 1.14 bits per heavy atom. The van der Waals surface area contributed by atoms with E-state index in [2.05, 4.69) is 15.3 Å². The van der Waals surface area contributed by atoms with Crippen LogP contribution in [0.25, 0.3) is 0 Å². The first-order valence-electron chi connectivity index (χ1n) is 8.06. The van der Waals surface area contributed by atoms with Gasteiger partial charge in [-0.25, -0.2) is 17.7 Å². The van der Waals surface area contributed by atoms with Crippen molar-refractivity contribution in [1.82, 2.24) is 14.3 Å². The van der Waals surface area contributed by atoms with Crippen LogP contribution in [0, 0.1) is 0 Å². The molecule has 22 heavy (non-hydrogen) atoms. The summed E-state index contributed by atoms with van der Waals surface area (Å²) in [5.41, 5.74) is 0.894. The first kappa shape index (κ1) is 15.7. The van der Waals surface area contributed by atoms with E-state index in [-0.39, 0.29) is 5.92 Å². The molecule has 1 saturated carbocycles. The van der Waals surface area contributed by atoms with Crippen LogP contribution in [0.2, 0.25) is 0 Å². The van der Waals surface area contributed by atoms with Gasteiger partial charge in [0.2, 0.25) is 10.0 Å². The molecule has 3 rings (SSSR count). The Hall–Kier alpha value is -1.21. The van der Waals surface area contributed by atoms with Gasteiger partial charge in [0.1, 0.15) is 5.82 Å². The van der Waals surface area contributed by atoms with E-state index in [0.29, 0.717) is 19.1 Å². The Kier molecular flexibility index (Phi) is 4.63. The zero-order valence-corrected chi connectivity index (χ0v) is 13.8. The molecule has 2 fully saturated rings. The van der Waals surface area contributed by atoms with Crippen molar-refractivity contribution in [2.75, 3.05) is 24.7 Å². The van der Waals surface area contributed by atoms with E-state index in [0.717, 1.165) is 24.4 Å².